The van der Waals surface area contributed by atoms with Gasteiger partial charge in [-0.05, 0) is 62.4 Å². The van der Waals surface area contributed by atoms with Crippen molar-refractivity contribution in [1.29, 1.82) is 0 Å². The van der Waals surface area contributed by atoms with Gasteiger partial charge in [-0.25, -0.2) is 8.42 Å². The van der Waals surface area contributed by atoms with Crippen molar-refractivity contribution in [3.8, 4) is 0 Å². The van der Waals surface area contributed by atoms with Gasteiger partial charge in [-0.2, -0.15) is 4.31 Å². The zero-order valence-corrected chi connectivity index (χ0v) is 18.6. The zero-order chi connectivity index (χ0) is 21.3. The molecule has 0 aliphatic carbocycles. The van der Waals surface area contributed by atoms with E-state index in [1.165, 1.54) is 9.87 Å². The fourth-order valence-corrected chi connectivity index (χ4v) is 5.94. The number of pyridine rings is 1. The molecule has 1 aliphatic rings. The summed E-state index contributed by atoms with van der Waals surface area (Å²) >= 11 is 5.95. The summed E-state index contributed by atoms with van der Waals surface area (Å²) < 4.78 is 32.9. The van der Waals surface area contributed by atoms with Gasteiger partial charge in [0.05, 0.1) is 0 Å². The minimum atomic E-state index is -3.63. The van der Waals surface area contributed by atoms with E-state index in [2.05, 4.69) is 16.2 Å². The highest BCUT2D eigenvalue weighted by atomic mass is 35.5. The molecule has 1 unspecified atom stereocenters. The number of sulfonamides is 1. The summed E-state index contributed by atoms with van der Waals surface area (Å²) in [6.45, 7) is 4.20. The molecule has 0 saturated carbocycles. The van der Waals surface area contributed by atoms with Crippen LogP contribution in [-0.4, -0.2) is 36.0 Å². The summed E-state index contributed by atoms with van der Waals surface area (Å²) in [5.41, 5.74) is 3.60. The van der Waals surface area contributed by atoms with Gasteiger partial charge in [0.2, 0.25) is 10.0 Å². The van der Waals surface area contributed by atoms with Gasteiger partial charge in [0.15, 0.2) is 5.76 Å². The summed E-state index contributed by atoms with van der Waals surface area (Å²) in [6.07, 6.45) is 4.37. The van der Waals surface area contributed by atoms with Crippen LogP contribution in [0.4, 0.5) is 0 Å². The van der Waals surface area contributed by atoms with E-state index in [4.69, 9.17) is 16.1 Å². The molecule has 0 bridgehead atoms. The van der Waals surface area contributed by atoms with E-state index < -0.39 is 10.0 Å². The Labute approximate surface area is 181 Å². The van der Waals surface area contributed by atoms with Crippen molar-refractivity contribution in [1.82, 2.24) is 14.4 Å². The molecule has 3 heterocycles. The summed E-state index contributed by atoms with van der Waals surface area (Å²) in [5.74, 6) is 0.401. The summed E-state index contributed by atoms with van der Waals surface area (Å²) in [6, 6.07) is 11.9. The standard InChI is InChI=1S/C22H24ClN3O3S/c1-15-22(16(2)29-25-15)30(27,28)26-11-3-4-19(14-26)21-10-7-18(13-24-21)12-17-5-8-20(23)9-6-17/h5-10,13,19H,3-4,11-12,14H2,1-2H3. The van der Waals surface area contributed by atoms with Crippen molar-refractivity contribution in [2.24, 2.45) is 0 Å². The number of rotatable bonds is 5. The molecule has 0 radical (unpaired) electrons. The summed E-state index contributed by atoms with van der Waals surface area (Å²) in [7, 11) is -3.63. The Morgan fingerprint density at radius 1 is 1.13 bits per heavy atom. The molecule has 0 amide bonds. The molecule has 158 valence electrons. The largest absolute Gasteiger partial charge is 0.360 e. The molecular weight excluding hydrogens is 422 g/mol. The molecule has 2 aromatic heterocycles. The molecule has 30 heavy (non-hydrogen) atoms. The molecule has 8 heteroatoms. The van der Waals surface area contributed by atoms with Crippen molar-refractivity contribution in [3.05, 3.63) is 75.9 Å². The van der Waals surface area contributed by atoms with Gasteiger partial charge in [-0.15, -0.1) is 0 Å². The first-order valence-corrected chi connectivity index (χ1v) is 11.8. The molecule has 1 aromatic carbocycles. The molecule has 1 saturated heterocycles. The Bertz CT molecular complexity index is 1110. The second-order valence-electron chi connectivity index (χ2n) is 7.75. The van der Waals surface area contributed by atoms with Crippen LogP contribution in [0.3, 0.4) is 0 Å². The quantitative estimate of drug-likeness (QED) is 0.577. The minimum absolute atomic E-state index is 0.0681. The average molecular weight is 446 g/mol. The maximum atomic E-state index is 13.1. The number of hydrogen-bond donors (Lipinski definition) is 0. The Kier molecular flexibility index (Phi) is 5.95. The van der Waals surface area contributed by atoms with Gasteiger partial charge in [-0.3, -0.25) is 4.98 Å². The van der Waals surface area contributed by atoms with Crippen molar-refractivity contribution in [2.45, 2.75) is 43.9 Å². The fraction of sp³-hybridized carbons (Fsp3) is 0.364. The third kappa shape index (κ3) is 4.29. The van der Waals surface area contributed by atoms with Gasteiger partial charge < -0.3 is 4.52 Å². The lowest BCUT2D eigenvalue weighted by Gasteiger charge is -2.31. The van der Waals surface area contributed by atoms with Crippen LogP contribution in [0.15, 0.2) is 52.0 Å². The second-order valence-corrected chi connectivity index (χ2v) is 10.1. The zero-order valence-electron chi connectivity index (χ0n) is 17.0. The van der Waals surface area contributed by atoms with Gasteiger partial charge in [0.25, 0.3) is 0 Å². The van der Waals surface area contributed by atoms with Gasteiger partial charge >= 0.3 is 0 Å². The maximum Gasteiger partial charge on any atom is 0.248 e. The van der Waals surface area contributed by atoms with E-state index in [1.54, 1.807) is 13.8 Å². The predicted octanol–water partition coefficient (Wildman–Crippen LogP) is 4.50. The Morgan fingerprint density at radius 2 is 1.87 bits per heavy atom. The first-order chi connectivity index (χ1) is 14.3. The number of hydrogen-bond acceptors (Lipinski definition) is 5. The van der Waals surface area contributed by atoms with Crippen LogP contribution in [0.2, 0.25) is 5.02 Å². The van der Waals surface area contributed by atoms with E-state index in [0.717, 1.165) is 35.5 Å². The van der Waals surface area contributed by atoms with Crippen LogP contribution >= 0.6 is 11.6 Å². The highest BCUT2D eigenvalue weighted by Gasteiger charge is 2.35. The summed E-state index contributed by atoms with van der Waals surface area (Å²) in [5, 5.41) is 4.53. The molecule has 4 rings (SSSR count). The van der Waals surface area contributed by atoms with Crippen LogP contribution in [0.1, 0.15) is 47.0 Å². The van der Waals surface area contributed by atoms with Gasteiger partial charge in [-0.1, -0.05) is 35.0 Å². The smallest absolute Gasteiger partial charge is 0.248 e. The van der Waals surface area contributed by atoms with E-state index in [1.807, 2.05) is 36.5 Å². The molecule has 3 aromatic rings. The molecule has 0 spiro atoms. The third-order valence-electron chi connectivity index (χ3n) is 5.54. The summed E-state index contributed by atoms with van der Waals surface area (Å²) in [4.78, 5) is 4.84. The molecule has 6 nitrogen and oxygen atoms in total. The maximum absolute atomic E-state index is 13.1. The first kappa shape index (κ1) is 21.0. The Balaban J connectivity index is 1.49. The van der Waals surface area contributed by atoms with Crippen molar-refractivity contribution >= 4 is 21.6 Å². The molecular formula is C22H24ClN3O3S. The third-order valence-corrected chi connectivity index (χ3v) is 7.90. The Hall–Kier alpha value is -2.22. The van der Waals surface area contributed by atoms with Crippen LogP contribution < -0.4 is 0 Å². The van der Waals surface area contributed by atoms with E-state index in [0.29, 0.717) is 24.5 Å². The highest BCUT2D eigenvalue weighted by Crippen LogP contribution is 2.31. The van der Waals surface area contributed by atoms with E-state index in [9.17, 15) is 8.42 Å². The van der Waals surface area contributed by atoms with Crippen LogP contribution in [0, 0.1) is 13.8 Å². The minimum Gasteiger partial charge on any atom is -0.360 e. The number of aryl methyl sites for hydroxylation is 2. The fourth-order valence-electron chi connectivity index (χ4n) is 3.99. The number of nitrogens with zero attached hydrogens (tertiary/aromatic N) is 3. The van der Waals surface area contributed by atoms with Crippen LogP contribution in [0.5, 0.6) is 0 Å². The van der Waals surface area contributed by atoms with Crippen LogP contribution in [-0.2, 0) is 16.4 Å². The second kappa shape index (κ2) is 8.49. The predicted molar refractivity (Wildman–Crippen MR) is 115 cm³/mol. The number of piperidine rings is 1. The monoisotopic (exact) mass is 445 g/mol. The number of benzene rings is 1. The molecule has 1 aliphatic heterocycles. The van der Waals surface area contributed by atoms with Gasteiger partial charge in [0, 0.05) is 35.9 Å². The SMILES string of the molecule is Cc1noc(C)c1S(=O)(=O)N1CCCC(c2ccc(Cc3ccc(Cl)cc3)cn2)C1. The van der Waals surface area contributed by atoms with E-state index in [-0.39, 0.29) is 10.8 Å². The number of aromatic nitrogens is 2. The number of halogens is 1. The van der Waals surface area contributed by atoms with Crippen molar-refractivity contribution < 1.29 is 12.9 Å². The molecule has 1 atom stereocenters. The molecule has 0 N–H and O–H groups in total. The van der Waals surface area contributed by atoms with E-state index >= 15 is 0 Å². The molecule has 1 fully saturated rings. The topological polar surface area (TPSA) is 76.3 Å². The normalized spacial score (nSPS) is 17.9. The first-order valence-electron chi connectivity index (χ1n) is 9.97. The Morgan fingerprint density at radius 3 is 2.50 bits per heavy atom. The highest BCUT2D eigenvalue weighted by molar-refractivity contribution is 7.89. The average Bonchev–Trinajstić information content (AvgIpc) is 3.09. The van der Waals surface area contributed by atoms with Gasteiger partial charge in [0.1, 0.15) is 10.6 Å². The lowest BCUT2D eigenvalue weighted by atomic mass is 9.95. The lowest BCUT2D eigenvalue weighted by molar-refractivity contribution is 0.312. The van der Waals surface area contributed by atoms with Crippen molar-refractivity contribution in [3.63, 3.8) is 0 Å². The lowest BCUT2D eigenvalue weighted by Crippen LogP contribution is -2.39. The van der Waals surface area contributed by atoms with Crippen molar-refractivity contribution in [2.75, 3.05) is 13.1 Å². The van der Waals surface area contributed by atoms with Crippen LogP contribution in [0.25, 0.3) is 0 Å².